The molecule has 116 valence electrons. The Balaban J connectivity index is 1.77. The second kappa shape index (κ2) is 6.18. The molecule has 0 radical (unpaired) electrons. The highest BCUT2D eigenvalue weighted by atomic mass is 16.6. The van der Waals surface area contributed by atoms with Crippen molar-refractivity contribution in [1.29, 1.82) is 0 Å². The number of benzene rings is 1. The highest BCUT2D eigenvalue weighted by Gasteiger charge is 2.13. The molecular formula is C16H14N4O3. The average molecular weight is 310 g/mol. The first-order valence-corrected chi connectivity index (χ1v) is 6.89. The molecular weight excluding hydrogens is 296 g/mol. The van der Waals surface area contributed by atoms with Gasteiger partial charge in [-0.25, -0.2) is 15.0 Å². The first-order chi connectivity index (χ1) is 11.1. The lowest BCUT2D eigenvalue weighted by Crippen LogP contribution is -2.08. The second-order valence-electron chi connectivity index (χ2n) is 4.86. The van der Waals surface area contributed by atoms with Crippen LogP contribution < -0.4 is 5.48 Å². The maximum absolute atomic E-state index is 10.8. The van der Waals surface area contributed by atoms with Gasteiger partial charge in [0.1, 0.15) is 6.20 Å². The quantitative estimate of drug-likeness (QED) is 0.693. The summed E-state index contributed by atoms with van der Waals surface area (Å²) in [5.41, 5.74) is 4.59. The van der Waals surface area contributed by atoms with Crippen LogP contribution in [0.15, 0.2) is 48.8 Å². The van der Waals surface area contributed by atoms with Crippen molar-refractivity contribution in [2.24, 2.45) is 7.05 Å². The lowest BCUT2D eigenvalue weighted by atomic mass is 10.1. The minimum absolute atomic E-state index is 0.0399. The standard InChI is InChI=1S/C16H14N4O3/c1-19-15(17-11-16(19)20(21)22)9-6-12-4-7-13(8-5-12)14-3-2-10-18-23-14/h2-11,18H,1H3. The van der Waals surface area contributed by atoms with Gasteiger partial charge in [-0.3, -0.25) is 0 Å². The van der Waals surface area contributed by atoms with Crippen LogP contribution in [0.5, 0.6) is 0 Å². The van der Waals surface area contributed by atoms with Gasteiger partial charge in [-0.15, -0.1) is 0 Å². The van der Waals surface area contributed by atoms with Crippen LogP contribution in [-0.2, 0) is 11.9 Å². The summed E-state index contributed by atoms with van der Waals surface area (Å²) < 4.78 is 1.43. The van der Waals surface area contributed by atoms with Crippen molar-refractivity contribution in [2.45, 2.75) is 0 Å². The highest BCUT2D eigenvalue weighted by Crippen LogP contribution is 2.19. The van der Waals surface area contributed by atoms with Crippen molar-refractivity contribution in [3.05, 3.63) is 75.9 Å². The summed E-state index contributed by atoms with van der Waals surface area (Å²) in [6.07, 6.45) is 10.3. The van der Waals surface area contributed by atoms with E-state index in [0.717, 1.165) is 16.9 Å². The third-order valence-corrected chi connectivity index (χ3v) is 3.39. The molecule has 0 saturated heterocycles. The smallest absolute Gasteiger partial charge is 0.342 e. The zero-order valence-corrected chi connectivity index (χ0v) is 12.3. The summed E-state index contributed by atoms with van der Waals surface area (Å²) in [7, 11) is 1.61. The molecule has 2 heterocycles. The zero-order valence-electron chi connectivity index (χ0n) is 12.3. The fourth-order valence-corrected chi connectivity index (χ4v) is 2.13. The van der Waals surface area contributed by atoms with E-state index in [9.17, 15) is 10.1 Å². The topological polar surface area (TPSA) is 82.2 Å². The van der Waals surface area contributed by atoms with Gasteiger partial charge in [0.25, 0.3) is 0 Å². The van der Waals surface area contributed by atoms with Crippen LogP contribution in [-0.4, -0.2) is 14.5 Å². The van der Waals surface area contributed by atoms with Crippen molar-refractivity contribution < 1.29 is 9.76 Å². The van der Waals surface area contributed by atoms with Gasteiger partial charge in [0, 0.05) is 17.8 Å². The normalized spacial score (nSPS) is 13.5. The number of hydrogen-bond donors (Lipinski definition) is 1. The number of nitrogens with zero attached hydrogens (tertiary/aromatic N) is 3. The molecule has 1 aromatic heterocycles. The Labute approximate surface area is 132 Å². The second-order valence-corrected chi connectivity index (χ2v) is 4.86. The van der Waals surface area contributed by atoms with Crippen LogP contribution in [0.2, 0.25) is 0 Å². The van der Waals surface area contributed by atoms with Gasteiger partial charge in [0.05, 0.1) is 7.05 Å². The Hall–Kier alpha value is -3.35. The summed E-state index contributed by atoms with van der Waals surface area (Å²) in [5, 5.41) is 10.8. The van der Waals surface area contributed by atoms with Crippen LogP contribution in [0.1, 0.15) is 17.0 Å². The fourth-order valence-electron chi connectivity index (χ4n) is 2.13. The molecule has 23 heavy (non-hydrogen) atoms. The molecule has 1 N–H and O–H groups in total. The minimum Gasteiger partial charge on any atom is -0.382 e. The highest BCUT2D eigenvalue weighted by molar-refractivity contribution is 5.69. The molecule has 0 fully saturated rings. The molecule has 0 spiro atoms. The summed E-state index contributed by atoms with van der Waals surface area (Å²) in [4.78, 5) is 19.7. The third kappa shape index (κ3) is 3.13. The van der Waals surface area contributed by atoms with Crippen molar-refractivity contribution in [2.75, 3.05) is 0 Å². The number of nitrogens with one attached hydrogen (secondary N) is 1. The molecule has 7 heteroatoms. The first-order valence-electron chi connectivity index (χ1n) is 6.89. The molecule has 1 aliphatic heterocycles. The number of nitro groups is 1. The van der Waals surface area contributed by atoms with Gasteiger partial charge in [-0.2, -0.15) is 0 Å². The molecule has 1 aliphatic rings. The van der Waals surface area contributed by atoms with Crippen LogP contribution in [0.3, 0.4) is 0 Å². The molecule has 2 aromatic rings. The maximum Gasteiger partial charge on any atom is 0.342 e. The molecule has 0 atom stereocenters. The van der Waals surface area contributed by atoms with E-state index in [1.54, 1.807) is 19.3 Å². The zero-order chi connectivity index (χ0) is 16.2. The molecule has 7 nitrogen and oxygen atoms in total. The summed E-state index contributed by atoms with van der Waals surface area (Å²) >= 11 is 0. The van der Waals surface area contributed by atoms with E-state index < -0.39 is 4.92 Å². The Bertz CT molecular complexity index is 816. The van der Waals surface area contributed by atoms with Crippen LogP contribution in [0.25, 0.3) is 17.9 Å². The lowest BCUT2D eigenvalue weighted by Gasteiger charge is -2.11. The van der Waals surface area contributed by atoms with Gasteiger partial charge >= 0.3 is 5.82 Å². The molecule has 0 saturated carbocycles. The van der Waals surface area contributed by atoms with Crippen LogP contribution in [0, 0.1) is 10.1 Å². The van der Waals surface area contributed by atoms with E-state index in [2.05, 4.69) is 10.5 Å². The molecule has 0 bridgehead atoms. The third-order valence-electron chi connectivity index (χ3n) is 3.39. The SMILES string of the molecule is Cn1c([N+](=O)[O-])cnc1C=Cc1ccc(C2=CC=CNO2)cc1. The number of hydroxylamine groups is 1. The van der Waals surface area contributed by atoms with Crippen LogP contribution in [0.4, 0.5) is 5.82 Å². The predicted molar refractivity (Wildman–Crippen MR) is 86.6 cm³/mol. The summed E-state index contributed by atoms with van der Waals surface area (Å²) in [5.74, 6) is 1.22. The van der Waals surface area contributed by atoms with Crippen LogP contribution >= 0.6 is 0 Å². The monoisotopic (exact) mass is 310 g/mol. The number of imidazole rings is 1. The number of allylic oxidation sites excluding steroid dienone is 2. The number of rotatable bonds is 4. The average Bonchev–Trinajstić information content (AvgIpc) is 2.95. The Morgan fingerprint density at radius 1 is 1.30 bits per heavy atom. The van der Waals surface area contributed by atoms with E-state index in [1.807, 2.05) is 42.5 Å². The molecule has 0 unspecified atom stereocenters. The first kappa shape index (κ1) is 14.6. The van der Waals surface area contributed by atoms with Crippen molar-refractivity contribution in [3.63, 3.8) is 0 Å². The number of hydrogen-bond acceptors (Lipinski definition) is 5. The number of aromatic nitrogens is 2. The summed E-state index contributed by atoms with van der Waals surface area (Å²) in [6.45, 7) is 0. The summed E-state index contributed by atoms with van der Waals surface area (Å²) in [6, 6.07) is 7.75. The van der Waals surface area contributed by atoms with Crippen molar-refractivity contribution in [3.8, 4) is 0 Å². The van der Waals surface area contributed by atoms with E-state index >= 15 is 0 Å². The van der Waals surface area contributed by atoms with Crippen molar-refractivity contribution in [1.82, 2.24) is 15.0 Å². The van der Waals surface area contributed by atoms with E-state index in [0.29, 0.717) is 5.82 Å². The fraction of sp³-hybridized carbons (Fsp3) is 0.0625. The molecule has 0 amide bonds. The van der Waals surface area contributed by atoms with Gasteiger partial charge in [0.2, 0.25) is 5.82 Å². The molecule has 0 aliphatic carbocycles. The Morgan fingerprint density at radius 3 is 2.70 bits per heavy atom. The van der Waals surface area contributed by atoms with Gasteiger partial charge in [-0.05, 0) is 28.7 Å². The predicted octanol–water partition coefficient (Wildman–Crippen LogP) is 2.89. The van der Waals surface area contributed by atoms with Gasteiger partial charge in [0.15, 0.2) is 5.76 Å². The van der Waals surface area contributed by atoms with E-state index in [4.69, 9.17) is 4.84 Å². The molecule has 1 aromatic carbocycles. The van der Waals surface area contributed by atoms with Gasteiger partial charge in [-0.1, -0.05) is 24.3 Å². The van der Waals surface area contributed by atoms with E-state index in [1.165, 1.54) is 10.8 Å². The Kier molecular flexibility index (Phi) is 3.92. The largest absolute Gasteiger partial charge is 0.382 e. The van der Waals surface area contributed by atoms with Gasteiger partial charge < -0.3 is 15.0 Å². The molecule has 3 rings (SSSR count). The Morgan fingerprint density at radius 2 is 2.09 bits per heavy atom. The van der Waals surface area contributed by atoms with Crippen molar-refractivity contribution >= 4 is 23.7 Å². The lowest BCUT2D eigenvalue weighted by molar-refractivity contribution is -0.391. The van der Waals surface area contributed by atoms with E-state index in [-0.39, 0.29) is 5.82 Å². The maximum atomic E-state index is 10.8. The minimum atomic E-state index is -0.459.